The second-order valence-electron chi connectivity index (χ2n) is 6.86. The number of nitrogens with zero attached hydrogens (tertiary/aromatic N) is 4. The van der Waals surface area contributed by atoms with Crippen molar-refractivity contribution in [1.82, 2.24) is 19.7 Å². The first-order valence-electron chi connectivity index (χ1n) is 9.24. The summed E-state index contributed by atoms with van der Waals surface area (Å²) in [6.07, 6.45) is 5.10. The lowest BCUT2D eigenvalue weighted by Crippen LogP contribution is -2.33. The van der Waals surface area contributed by atoms with Gasteiger partial charge in [-0.2, -0.15) is 5.10 Å². The fourth-order valence-corrected chi connectivity index (χ4v) is 3.95. The first kappa shape index (κ1) is 17.0. The van der Waals surface area contributed by atoms with Crippen molar-refractivity contribution in [3.05, 3.63) is 53.1 Å². The average molecular weight is 352 g/mol. The van der Waals surface area contributed by atoms with Gasteiger partial charge in [-0.1, -0.05) is 29.8 Å². The number of ether oxygens (including phenoxy) is 1. The third kappa shape index (κ3) is 3.29. The van der Waals surface area contributed by atoms with Gasteiger partial charge in [-0.15, -0.1) is 0 Å². The van der Waals surface area contributed by atoms with E-state index >= 15 is 0 Å². The third-order valence-electron chi connectivity index (χ3n) is 5.39. The number of aryl methyl sites for hydroxylation is 2. The number of piperidine rings is 1. The number of fused-ring (bicyclic) bond motifs is 2. The van der Waals surface area contributed by atoms with Crippen molar-refractivity contribution in [3.63, 3.8) is 0 Å². The Bertz CT molecular complexity index is 830. The quantitative estimate of drug-likeness (QED) is 0.793. The molecule has 0 unspecified atom stereocenters. The van der Waals surface area contributed by atoms with Crippen LogP contribution < -0.4 is 0 Å². The maximum atomic E-state index is 11.4. The van der Waals surface area contributed by atoms with Gasteiger partial charge in [0.1, 0.15) is 6.33 Å². The molecule has 1 aromatic heterocycles. The molecule has 3 heterocycles. The zero-order valence-corrected chi connectivity index (χ0v) is 15.1. The van der Waals surface area contributed by atoms with Crippen LogP contribution in [0, 0.1) is 0 Å². The fourth-order valence-electron chi connectivity index (χ4n) is 3.95. The Morgan fingerprint density at radius 1 is 1.15 bits per heavy atom. The van der Waals surface area contributed by atoms with E-state index in [9.17, 15) is 4.79 Å². The molecule has 136 valence electrons. The van der Waals surface area contributed by atoms with E-state index in [1.165, 1.54) is 29.4 Å². The smallest absolute Gasteiger partial charge is 0.306 e. The number of aromatic nitrogens is 3. The van der Waals surface area contributed by atoms with Gasteiger partial charge in [0.05, 0.1) is 13.5 Å². The molecule has 2 aliphatic rings. The molecule has 1 fully saturated rings. The second-order valence-corrected chi connectivity index (χ2v) is 6.86. The number of likely N-dealkylation sites (tertiary alicyclic amines) is 1. The molecule has 0 spiro atoms. The van der Waals surface area contributed by atoms with Gasteiger partial charge < -0.3 is 9.64 Å². The summed E-state index contributed by atoms with van der Waals surface area (Å²) in [6.45, 7) is 3.56. The van der Waals surface area contributed by atoms with Gasteiger partial charge in [0.15, 0.2) is 5.82 Å². The van der Waals surface area contributed by atoms with Crippen LogP contribution in [0.5, 0.6) is 0 Å². The normalized spacial score (nSPS) is 17.4. The topological polar surface area (TPSA) is 60.2 Å². The van der Waals surface area contributed by atoms with Crippen molar-refractivity contribution < 1.29 is 9.53 Å². The highest BCUT2D eigenvalue weighted by molar-refractivity contribution is 5.81. The fraction of sp³-hybridized carbons (Fsp3) is 0.450. The number of hydrogen-bond acceptors (Lipinski definition) is 5. The number of carbonyl (C=O) groups is 1. The number of carbonyl (C=O) groups excluding carboxylic acids is 1. The summed E-state index contributed by atoms with van der Waals surface area (Å²) >= 11 is 0. The number of benzene rings is 1. The minimum absolute atomic E-state index is 0.139. The predicted octanol–water partition coefficient (Wildman–Crippen LogP) is 2.29. The third-order valence-corrected chi connectivity index (χ3v) is 5.39. The molecule has 0 amide bonds. The molecular weight excluding hydrogens is 328 g/mol. The molecule has 4 rings (SSSR count). The van der Waals surface area contributed by atoms with E-state index in [0.29, 0.717) is 6.42 Å². The number of methoxy groups -OCH3 is 1. The van der Waals surface area contributed by atoms with Crippen molar-refractivity contribution in [2.24, 2.45) is 0 Å². The first-order valence-corrected chi connectivity index (χ1v) is 9.24. The van der Waals surface area contributed by atoms with Gasteiger partial charge in [0.2, 0.25) is 0 Å². The van der Waals surface area contributed by atoms with Crippen molar-refractivity contribution in [2.45, 2.75) is 32.2 Å². The highest BCUT2D eigenvalue weighted by Gasteiger charge is 2.25. The molecule has 0 saturated carbocycles. The zero-order valence-electron chi connectivity index (χ0n) is 15.1. The molecule has 0 N–H and O–H groups in total. The van der Waals surface area contributed by atoms with Gasteiger partial charge in [-0.05, 0) is 30.4 Å². The highest BCUT2D eigenvalue weighted by atomic mass is 16.5. The van der Waals surface area contributed by atoms with Crippen LogP contribution in [0.15, 0.2) is 36.2 Å². The molecule has 6 nitrogen and oxygen atoms in total. The van der Waals surface area contributed by atoms with Gasteiger partial charge >= 0.3 is 5.97 Å². The largest absolute Gasteiger partial charge is 0.469 e. The number of rotatable bonds is 3. The Hall–Kier alpha value is -2.47. The highest BCUT2D eigenvalue weighted by Crippen LogP contribution is 2.35. The van der Waals surface area contributed by atoms with Crippen LogP contribution in [0.3, 0.4) is 0 Å². The van der Waals surface area contributed by atoms with Crippen molar-refractivity contribution in [2.75, 3.05) is 26.7 Å². The molecule has 0 aliphatic carbocycles. The minimum atomic E-state index is -0.139. The Morgan fingerprint density at radius 2 is 1.96 bits per heavy atom. The maximum Gasteiger partial charge on any atom is 0.306 e. The molecular formula is C20H24N4O2. The summed E-state index contributed by atoms with van der Waals surface area (Å²) in [4.78, 5) is 18.3. The lowest BCUT2D eigenvalue weighted by molar-refractivity contribution is -0.141. The molecule has 0 radical (unpaired) electrons. The minimum Gasteiger partial charge on any atom is -0.469 e. The van der Waals surface area contributed by atoms with Gasteiger partial charge in [0, 0.05) is 31.8 Å². The molecule has 2 aromatic rings. The summed E-state index contributed by atoms with van der Waals surface area (Å²) in [5.41, 5.74) is 5.39. The van der Waals surface area contributed by atoms with E-state index in [4.69, 9.17) is 4.74 Å². The van der Waals surface area contributed by atoms with Crippen LogP contribution in [0.4, 0.5) is 0 Å². The Morgan fingerprint density at radius 3 is 2.77 bits per heavy atom. The van der Waals surface area contributed by atoms with E-state index in [1.807, 2.05) is 4.68 Å². The van der Waals surface area contributed by atoms with Crippen LogP contribution in [-0.2, 0) is 22.5 Å². The van der Waals surface area contributed by atoms with Gasteiger partial charge in [-0.25, -0.2) is 9.67 Å². The lowest BCUT2D eigenvalue weighted by atomic mass is 9.90. The molecule has 26 heavy (non-hydrogen) atoms. The monoisotopic (exact) mass is 352 g/mol. The number of esters is 1. The first-order chi connectivity index (χ1) is 12.8. The summed E-state index contributed by atoms with van der Waals surface area (Å²) < 4.78 is 6.78. The van der Waals surface area contributed by atoms with Crippen LogP contribution >= 0.6 is 0 Å². The summed E-state index contributed by atoms with van der Waals surface area (Å²) in [6, 6.07) is 8.65. The average Bonchev–Trinajstić information content (AvgIpc) is 3.08. The number of hydrogen-bond donors (Lipinski definition) is 0. The van der Waals surface area contributed by atoms with E-state index in [2.05, 4.69) is 39.2 Å². The summed E-state index contributed by atoms with van der Waals surface area (Å²) in [7, 11) is 1.45. The second kappa shape index (κ2) is 7.41. The molecule has 1 aromatic carbocycles. The van der Waals surface area contributed by atoms with E-state index in [0.717, 1.165) is 51.3 Å². The maximum absolute atomic E-state index is 11.4. The van der Waals surface area contributed by atoms with Gasteiger partial charge in [-0.3, -0.25) is 4.79 Å². The van der Waals surface area contributed by atoms with Crippen molar-refractivity contribution in [1.29, 1.82) is 0 Å². The summed E-state index contributed by atoms with van der Waals surface area (Å²) in [5.74, 6) is 0.855. The van der Waals surface area contributed by atoms with Crippen molar-refractivity contribution >= 4 is 11.5 Å². The zero-order chi connectivity index (χ0) is 17.9. The molecule has 1 saturated heterocycles. The lowest BCUT2D eigenvalue weighted by Gasteiger charge is -2.29. The Balaban J connectivity index is 1.61. The predicted molar refractivity (Wildman–Crippen MR) is 98.5 cm³/mol. The molecule has 0 atom stereocenters. The van der Waals surface area contributed by atoms with Crippen LogP contribution in [0.25, 0.3) is 5.57 Å². The van der Waals surface area contributed by atoms with E-state index in [1.54, 1.807) is 6.33 Å². The van der Waals surface area contributed by atoms with Crippen LogP contribution in [0.2, 0.25) is 0 Å². The van der Waals surface area contributed by atoms with E-state index in [-0.39, 0.29) is 5.97 Å². The van der Waals surface area contributed by atoms with Crippen LogP contribution in [-0.4, -0.2) is 52.4 Å². The van der Waals surface area contributed by atoms with Crippen molar-refractivity contribution in [3.8, 4) is 0 Å². The summed E-state index contributed by atoms with van der Waals surface area (Å²) in [5, 5.41) is 4.43. The Labute approximate surface area is 153 Å². The van der Waals surface area contributed by atoms with Crippen LogP contribution in [0.1, 0.15) is 36.2 Å². The molecule has 6 heteroatoms. The van der Waals surface area contributed by atoms with Gasteiger partial charge in [0.25, 0.3) is 0 Å². The standard InChI is InChI=1S/C20H24N4O2/c1-26-18(25)9-12-23-10-6-16(7-11-23)19-17-5-3-2-4-15(17)8-13-24-20(19)21-14-22-24/h2-5,14H,6-13H2,1H3. The molecule has 0 bridgehead atoms. The van der Waals surface area contributed by atoms with E-state index < -0.39 is 0 Å². The Kier molecular flexibility index (Phi) is 4.84. The molecule has 2 aliphatic heterocycles. The SMILES string of the molecule is COC(=O)CCN1CCC(=C2c3ccccc3CCn3ncnc32)CC1.